The molecule has 2 heterocycles. The van der Waals surface area contributed by atoms with Gasteiger partial charge in [-0.25, -0.2) is 4.79 Å². The van der Waals surface area contributed by atoms with Gasteiger partial charge in [-0.05, 0) is 23.3 Å². The molecule has 1 aromatic heterocycles. The van der Waals surface area contributed by atoms with Crippen molar-refractivity contribution in [3.8, 4) is 11.1 Å². The van der Waals surface area contributed by atoms with Crippen LogP contribution >= 0.6 is 27.3 Å². The zero-order chi connectivity index (χ0) is 18.3. The van der Waals surface area contributed by atoms with Crippen LogP contribution in [0, 0.1) is 0 Å². The maximum Gasteiger partial charge on any atom is 0.346 e. The Morgan fingerprint density at radius 3 is 2.62 bits per heavy atom. The van der Waals surface area contributed by atoms with Crippen LogP contribution in [0.5, 0.6) is 0 Å². The van der Waals surface area contributed by atoms with Crippen LogP contribution in [0.2, 0.25) is 0 Å². The maximum atomic E-state index is 12.4. The van der Waals surface area contributed by atoms with Crippen molar-refractivity contribution in [2.75, 3.05) is 5.32 Å². The Bertz CT molecular complexity index is 1010. The number of hydrogen-bond donors (Lipinski definition) is 2. The monoisotopic (exact) mass is 427 g/mol. The van der Waals surface area contributed by atoms with Crippen molar-refractivity contribution in [1.29, 1.82) is 0 Å². The minimum atomic E-state index is -0.981. The molecule has 0 bridgehead atoms. The lowest BCUT2D eigenvalue weighted by molar-refractivity contribution is -0.116. The number of carbonyl (C=O) groups excluding carboxylic acids is 1. The summed E-state index contributed by atoms with van der Waals surface area (Å²) in [7, 11) is 0. The average molecular weight is 428 g/mol. The lowest BCUT2D eigenvalue weighted by Crippen LogP contribution is -2.22. The first-order valence-corrected chi connectivity index (χ1v) is 9.66. The summed E-state index contributed by atoms with van der Waals surface area (Å²) >= 11 is 4.72. The predicted octanol–water partition coefficient (Wildman–Crippen LogP) is 5.35. The number of carboxylic acid groups (broad SMARTS) is 1. The van der Waals surface area contributed by atoms with Gasteiger partial charge in [-0.1, -0.05) is 58.4 Å². The third-order valence-corrected chi connectivity index (χ3v) is 6.20. The van der Waals surface area contributed by atoms with Crippen molar-refractivity contribution in [3.63, 3.8) is 0 Å². The molecule has 2 aromatic carbocycles. The minimum absolute atomic E-state index is 0.102. The summed E-state index contributed by atoms with van der Waals surface area (Å²) in [6.45, 7) is 0. The summed E-state index contributed by atoms with van der Waals surface area (Å²) in [5.41, 5.74) is 3.00. The standard InChI is InChI=1S/C20H14BrNO3S/c21-13-8-4-7-12(9-13)14-10-15(23)22-17-16(11-5-2-1-3-6-11)19(20(24)25)26-18(14)17/h1-9,14H,10H2,(H,22,23)(H,24,25)/t14-/m0/s1. The summed E-state index contributed by atoms with van der Waals surface area (Å²) in [5.74, 6) is -1.24. The number of nitrogens with one attached hydrogen (secondary N) is 1. The van der Waals surface area contributed by atoms with Crippen molar-refractivity contribution in [3.05, 3.63) is 74.4 Å². The number of hydrogen-bond acceptors (Lipinski definition) is 3. The summed E-state index contributed by atoms with van der Waals surface area (Å²) in [6, 6.07) is 17.1. The zero-order valence-electron chi connectivity index (χ0n) is 13.5. The molecule has 1 amide bonds. The first-order valence-electron chi connectivity index (χ1n) is 8.05. The third-order valence-electron chi connectivity index (χ3n) is 4.41. The first kappa shape index (κ1) is 17.0. The van der Waals surface area contributed by atoms with Gasteiger partial charge in [0.2, 0.25) is 5.91 Å². The second kappa shape index (κ2) is 6.70. The van der Waals surface area contributed by atoms with Crippen LogP contribution in [0.25, 0.3) is 11.1 Å². The highest BCUT2D eigenvalue weighted by atomic mass is 79.9. The van der Waals surface area contributed by atoms with E-state index in [2.05, 4.69) is 21.2 Å². The van der Waals surface area contributed by atoms with E-state index in [1.165, 1.54) is 11.3 Å². The van der Waals surface area contributed by atoms with Crippen LogP contribution in [-0.4, -0.2) is 17.0 Å². The second-order valence-electron chi connectivity index (χ2n) is 6.08. The highest BCUT2D eigenvalue weighted by molar-refractivity contribution is 9.10. The Morgan fingerprint density at radius 1 is 1.15 bits per heavy atom. The molecule has 0 spiro atoms. The molecule has 0 saturated carbocycles. The number of amides is 1. The fourth-order valence-corrected chi connectivity index (χ4v) is 4.97. The number of thiophene rings is 1. The van der Waals surface area contributed by atoms with E-state index in [-0.39, 0.29) is 16.7 Å². The molecular formula is C20H14BrNO3S. The van der Waals surface area contributed by atoms with E-state index in [0.717, 1.165) is 20.5 Å². The van der Waals surface area contributed by atoms with E-state index in [1.807, 2.05) is 54.6 Å². The van der Waals surface area contributed by atoms with E-state index >= 15 is 0 Å². The van der Waals surface area contributed by atoms with E-state index in [9.17, 15) is 14.7 Å². The molecule has 0 unspecified atom stereocenters. The summed E-state index contributed by atoms with van der Waals surface area (Å²) < 4.78 is 0.931. The van der Waals surface area contributed by atoms with Gasteiger partial charge in [-0.15, -0.1) is 11.3 Å². The number of rotatable bonds is 3. The van der Waals surface area contributed by atoms with Crippen molar-refractivity contribution in [2.24, 2.45) is 0 Å². The number of carbonyl (C=O) groups is 2. The molecule has 1 aliphatic heterocycles. The Hall–Kier alpha value is -2.44. The molecule has 4 nitrogen and oxygen atoms in total. The molecule has 1 aliphatic rings. The van der Waals surface area contributed by atoms with Gasteiger partial charge in [0.15, 0.2) is 0 Å². The van der Waals surface area contributed by atoms with Gasteiger partial charge < -0.3 is 10.4 Å². The van der Waals surface area contributed by atoms with Crippen LogP contribution in [0.3, 0.4) is 0 Å². The third kappa shape index (κ3) is 2.95. The summed E-state index contributed by atoms with van der Waals surface area (Å²) in [5, 5.41) is 12.6. The molecular weight excluding hydrogens is 414 g/mol. The Labute approximate surface area is 162 Å². The molecule has 0 fully saturated rings. The zero-order valence-corrected chi connectivity index (χ0v) is 15.9. The first-order chi connectivity index (χ1) is 12.5. The number of aromatic carboxylic acids is 1. The van der Waals surface area contributed by atoms with E-state index < -0.39 is 5.97 Å². The number of halogens is 1. The Kier molecular flexibility index (Phi) is 4.38. The number of anilines is 1. The quantitative estimate of drug-likeness (QED) is 0.591. The van der Waals surface area contributed by atoms with E-state index in [0.29, 0.717) is 17.7 Å². The maximum absolute atomic E-state index is 12.4. The molecule has 130 valence electrons. The van der Waals surface area contributed by atoms with Gasteiger partial charge in [-0.2, -0.15) is 0 Å². The number of benzene rings is 2. The van der Waals surface area contributed by atoms with E-state index in [1.54, 1.807) is 0 Å². The van der Waals surface area contributed by atoms with E-state index in [4.69, 9.17) is 0 Å². The van der Waals surface area contributed by atoms with Crippen molar-refractivity contribution in [2.45, 2.75) is 12.3 Å². The second-order valence-corrected chi connectivity index (χ2v) is 8.04. The van der Waals surface area contributed by atoms with Crippen LogP contribution < -0.4 is 5.32 Å². The molecule has 2 N–H and O–H groups in total. The molecule has 6 heteroatoms. The highest BCUT2D eigenvalue weighted by Crippen LogP contribution is 2.49. The lowest BCUT2D eigenvalue weighted by Gasteiger charge is -2.24. The van der Waals surface area contributed by atoms with Crippen LogP contribution in [-0.2, 0) is 4.79 Å². The summed E-state index contributed by atoms with van der Waals surface area (Å²) in [4.78, 5) is 25.4. The smallest absolute Gasteiger partial charge is 0.346 e. The highest BCUT2D eigenvalue weighted by Gasteiger charge is 2.34. The topological polar surface area (TPSA) is 66.4 Å². The van der Waals surface area contributed by atoms with Crippen molar-refractivity contribution < 1.29 is 14.7 Å². The normalized spacial score (nSPS) is 16.0. The van der Waals surface area contributed by atoms with Crippen molar-refractivity contribution in [1.82, 2.24) is 0 Å². The van der Waals surface area contributed by atoms with Gasteiger partial charge in [0.1, 0.15) is 4.88 Å². The number of fused-ring (bicyclic) bond motifs is 1. The molecule has 1 atom stereocenters. The van der Waals surface area contributed by atoms with Crippen LogP contribution in [0.1, 0.15) is 32.5 Å². The minimum Gasteiger partial charge on any atom is -0.477 e. The molecule has 0 saturated heterocycles. The lowest BCUT2D eigenvalue weighted by atomic mass is 9.89. The molecule has 0 radical (unpaired) electrons. The molecule has 26 heavy (non-hydrogen) atoms. The van der Waals surface area contributed by atoms with Gasteiger partial charge in [-0.3, -0.25) is 4.79 Å². The molecule has 4 rings (SSSR count). The Morgan fingerprint density at radius 2 is 1.92 bits per heavy atom. The largest absolute Gasteiger partial charge is 0.477 e. The fourth-order valence-electron chi connectivity index (χ4n) is 3.31. The fraction of sp³-hybridized carbons (Fsp3) is 0.100. The average Bonchev–Trinajstić information content (AvgIpc) is 3.01. The van der Waals surface area contributed by atoms with Crippen LogP contribution in [0.15, 0.2) is 59.1 Å². The number of carboxylic acids is 1. The molecule has 3 aromatic rings. The van der Waals surface area contributed by atoms with Crippen LogP contribution in [0.4, 0.5) is 5.69 Å². The SMILES string of the molecule is O=C1C[C@@H](c2cccc(Br)c2)c2sc(C(=O)O)c(-c3ccccc3)c2N1. The van der Waals surface area contributed by atoms with Gasteiger partial charge >= 0.3 is 5.97 Å². The Balaban J connectivity index is 1.95. The molecule has 0 aliphatic carbocycles. The van der Waals surface area contributed by atoms with Gasteiger partial charge in [0.25, 0.3) is 0 Å². The predicted molar refractivity (Wildman–Crippen MR) is 106 cm³/mol. The van der Waals surface area contributed by atoms with Gasteiger partial charge in [0.05, 0.1) is 5.69 Å². The van der Waals surface area contributed by atoms with Gasteiger partial charge in [0, 0.05) is 27.3 Å². The summed E-state index contributed by atoms with van der Waals surface area (Å²) in [6.07, 6.45) is 0.303. The van der Waals surface area contributed by atoms with Crippen molar-refractivity contribution >= 4 is 44.8 Å².